The van der Waals surface area contributed by atoms with Gasteiger partial charge >= 0.3 is 5.97 Å². The summed E-state index contributed by atoms with van der Waals surface area (Å²) in [4.78, 5) is 24.6. The molecule has 0 aromatic heterocycles. The number of rotatable bonds is 63. The molecule has 1 amide bonds. The molecule has 0 aromatic carbocycles. The van der Waals surface area contributed by atoms with Crippen LogP contribution in [0.5, 0.6) is 0 Å². The highest BCUT2D eigenvalue weighted by Crippen LogP contribution is 2.18. The normalized spacial score (nSPS) is 12.6. The molecule has 0 aliphatic heterocycles. The van der Waals surface area contributed by atoms with Gasteiger partial charge in [-0.3, -0.25) is 9.59 Å². The quantitative estimate of drug-likeness (QED) is 0.0320. The van der Waals surface area contributed by atoms with Gasteiger partial charge in [0.1, 0.15) is 0 Å². The fourth-order valence-electron chi connectivity index (χ4n) is 10.6. The zero-order valence-corrected chi connectivity index (χ0v) is 50.1. The molecule has 0 bridgehead atoms. The number of hydrogen-bond acceptors (Lipinski definition) is 5. The average molecular weight is 1040 g/mol. The van der Waals surface area contributed by atoms with E-state index in [1.54, 1.807) is 6.08 Å². The summed E-state index contributed by atoms with van der Waals surface area (Å²) in [5.41, 5.74) is 0. The van der Waals surface area contributed by atoms with Gasteiger partial charge in [-0.2, -0.15) is 0 Å². The van der Waals surface area contributed by atoms with Crippen molar-refractivity contribution in [3.05, 3.63) is 24.3 Å². The van der Waals surface area contributed by atoms with E-state index in [1.165, 1.54) is 302 Å². The highest BCUT2D eigenvalue weighted by molar-refractivity contribution is 5.76. The van der Waals surface area contributed by atoms with E-state index in [9.17, 15) is 19.8 Å². The molecule has 0 fully saturated rings. The maximum absolute atomic E-state index is 12.5. The Kier molecular flexibility index (Phi) is 62.4. The summed E-state index contributed by atoms with van der Waals surface area (Å²) in [6, 6.07) is -0.626. The van der Waals surface area contributed by atoms with Crippen LogP contribution >= 0.6 is 0 Å². The van der Waals surface area contributed by atoms with Crippen molar-refractivity contribution in [2.75, 3.05) is 13.2 Å². The Hall–Kier alpha value is -1.66. The minimum absolute atomic E-state index is 0.00944. The predicted molar refractivity (Wildman–Crippen MR) is 324 cm³/mol. The molecule has 0 rings (SSSR count). The summed E-state index contributed by atoms with van der Waals surface area (Å²) in [7, 11) is 0. The molecule has 6 nitrogen and oxygen atoms in total. The van der Waals surface area contributed by atoms with Gasteiger partial charge in [0.15, 0.2) is 0 Å². The molecule has 3 N–H and O–H groups in total. The topological polar surface area (TPSA) is 95.9 Å². The van der Waals surface area contributed by atoms with Crippen LogP contribution in [0.1, 0.15) is 373 Å². The first-order valence-electron chi connectivity index (χ1n) is 33.6. The first kappa shape index (κ1) is 72.3. The highest BCUT2D eigenvalue weighted by atomic mass is 16.5. The second kappa shape index (κ2) is 63.9. The Morgan fingerprint density at radius 2 is 0.635 bits per heavy atom. The zero-order chi connectivity index (χ0) is 53.6. The van der Waals surface area contributed by atoms with Crippen molar-refractivity contribution in [1.82, 2.24) is 5.32 Å². The van der Waals surface area contributed by atoms with Crippen molar-refractivity contribution in [1.29, 1.82) is 0 Å². The van der Waals surface area contributed by atoms with Crippen LogP contribution in [0.15, 0.2) is 24.3 Å². The van der Waals surface area contributed by atoms with E-state index < -0.39 is 12.1 Å². The van der Waals surface area contributed by atoms with Gasteiger partial charge in [-0.05, 0) is 57.8 Å². The van der Waals surface area contributed by atoms with Crippen molar-refractivity contribution >= 4 is 11.9 Å². The third-order valence-corrected chi connectivity index (χ3v) is 15.7. The first-order chi connectivity index (χ1) is 36.5. The number of unbranched alkanes of at least 4 members (excludes halogenated alkanes) is 50. The average Bonchev–Trinajstić information content (AvgIpc) is 3.40. The number of carbonyl (C=O) groups is 2. The molecule has 2 unspecified atom stereocenters. The zero-order valence-electron chi connectivity index (χ0n) is 50.1. The summed E-state index contributed by atoms with van der Waals surface area (Å²) in [6.45, 7) is 4.92. The Bertz CT molecular complexity index is 1150. The van der Waals surface area contributed by atoms with Crippen LogP contribution in [0.25, 0.3) is 0 Å². The molecule has 438 valence electrons. The highest BCUT2D eigenvalue weighted by Gasteiger charge is 2.18. The lowest BCUT2D eigenvalue weighted by Gasteiger charge is -2.20. The number of allylic oxidation sites excluding steroid dienone is 3. The number of nitrogens with one attached hydrogen (secondary N) is 1. The van der Waals surface area contributed by atoms with Crippen LogP contribution in [-0.4, -0.2) is 47.4 Å². The Morgan fingerprint density at radius 1 is 0.365 bits per heavy atom. The maximum atomic E-state index is 12.5. The molecular formula is C68H131NO5. The largest absolute Gasteiger partial charge is 0.466 e. The van der Waals surface area contributed by atoms with E-state index in [2.05, 4.69) is 31.3 Å². The molecule has 0 saturated heterocycles. The van der Waals surface area contributed by atoms with Gasteiger partial charge in [0, 0.05) is 12.8 Å². The van der Waals surface area contributed by atoms with E-state index in [0.29, 0.717) is 19.4 Å². The predicted octanol–water partition coefficient (Wildman–Crippen LogP) is 21.4. The van der Waals surface area contributed by atoms with E-state index in [-0.39, 0.29) is 18.5 Å². The van der Waals surface area contributed by atoms with Crippen molar-refractivity contribution in [2.24, 2.45) is 0 Å². The van der Waals surface area contributed by atoms with Gasteiger partial charge in [0.25, 0.3) is 0 Å². The van der Waals surface area contributed by atoms with Gasteiger partial charge in [-0.25, -0.2) is 0 Å². The van der Waals surface area contributed by atoms with Crippen LogP contribution in [0, 0.1) is 0 Å². The monoisotopic (exact) mass is 1040 g/mol. The standard InChI is InChI=1S/C68H131NO5/c1-3-5-7-9-11-13-15-17-19-33-36-40-44-48-52-56-60-66(71)65(64-70)69-67(72)61-57-53-49-45-41-37-34-30-28-26-24-22-20-21-23-25-27-29-31-35-39-43-47-51-55-59-63-74-68(73)62-58-54-50-46-42-38-32-18-16-14-12-10-8-6-4-2/h18,32,56,60,65-66,70-71H,3-17,19-31,33-55,57-59,61-64H2,1-2H3,(H,69,72)/b32-18-,60-56+. The van der Waals surface area contributed by atoms with Crippen LogP contribution in [0.2, 0.25) is 0 Å². The number of aliphatic hydroxyl groups excluding tert-OH is 2. The number of aliphatic hydroxyl groups is 2. The van der Waals surface area contributed by atoms with Crippen LogP contribution in [-0.2, 0) is 14.3 Å². The van der Waals surface area contributed by atoms with Crippen molar-refractivity contribution < 1.29 is 24.5 Å². The second-order valence-corrected chi connectivity index (χ2v) is 23.2. The number of carbonyl (C=O) groups excluding carboxylic acids is 2. The maximum Gasteiger partial charge on any atom is 0.305 e. The van der Waals surface area contributed by atoms with Gasteiger partial charge in [-0.15, -0.1) is 0 Å². The van der Waals surface area contributed by atoms with Crippen LogP contribution in [0.3, 0.4) is 0 Å². The molecule has 0 spiro atoms. The summed E-state index contributed by atoms with van der Waals surface area (Å²) in [5, 5.41) is 23.2. The minimum Gasteiger partial charge on any atom is -0.466 e. The molecular weight excluding hydrogens is 911 g/mol. The Labute approximate surface area is 462 Å². The fraction of sp³-hybridized carbons (Fsp3) is 0.912. The molecule has 74 heavy (non-hydrogen) atoms. The molecule has 6 heteroatoms. The summed E-state index contributed by atoms with van der Waals surface area (Å²) in [6.07, 6.45) is 79.5. The molecule has 0 aromatic rings. The SMILES string of the molecule is CCCCCCCC/C=C\CCCCCCCC(=O)OCCCCCCCCCCCCCCCCCCCCCCCCCCCCC(=O)NC(CO)C(O)/C=C/CCCCCCCCCCCCCCCC. The van der Waals surface area contributed by atoms with Crippen LogP contribution in [0.4, 0.5) is 0 Å². The van der Waals surface area contributed by atoms with Crippen molar-refractivity contribution in [3.63, 3.8) is 0 Å². The molecule has 2 atom stereocenters. The van der Waals surface area contributed by atoms with E-state index >= 15 is 0 Å². The minimum atomic E-state index is -0.843. The number of ether oxygens (including phenoxy) is 1. The second-order valence-electron chi connectivity index (χ2n) is 23.2. The summed E-state index contributed by atoms with van der Waals surface area (Å²) in [5.74, 6) is -0.0538. The van der Waals surface area contributed by atoms with E-state index in [1.807, 2.05) is 6.08 Å². The third-order valence-electron chi connectivity index (χ3n) is 15.7. The van der Waals surface area contributed by atoms with Gasteiger partial charge < -0.3 is 20.3 Å². The summed E-state index contributed by atoms with van der Waals surface area (Å²) < 4.78 is 5.49. The molecule has 0 aliphatic rings. The van der Waals surface area contributed by atoms with Crippen molar-refractivity contribution in [3.8, 4) is 0 Å². The fourth-order valence-corrected chi connectivity index (χ4v) is 10.6. The lowest BCUT2D eigenvalue weighted by molar-refractivity contribution is -0.143. The van der Waals surface area contributed by atoms with Crippen molar-refractivity contribution in [2.45, 2.75) is 386 Å². The van der Waals surface area contributed by atoms with E-state index in [4.69, 9.17) is 4.74 Å². The lowest BCUT2D eigenvalue weighted by Crippen LogP contribution is -2.45. The molecule has 0 aliphatic carbocycles. The van der Waals surface area contributed by atoms with Crippen LogP contribution < -0.4 is 5.32 Å². The first-order valence-corrected chi connectivity index (χ1v) is 33.6. The van der Waals surface area contributed by atoms with Gasteiger partial charge in [-0.1, -0.05) is 327 Å². The van der Waals surface area contributed by atoms with Gasteiger partial charge in [0.2, 0.25) is 5.91 Å². The van der Waals surface area contributed by atoms with E-state index in [0.717, 1.165) is 44.9 Å². The molecule has 0 heterocycles. The Morgan fingerprint density at radius 3 is 0.959 bits per heavy atom. The number of amides is 1. The summed E-state index contributed by atoms with van der Waals surface area (Å²) >= 11 is 0. The molecule has 0 radical (unpaired) electrons. The number of esters is 1. The third kappa shape index (κ3) is 59.6. The Balaban J connectivity index is 3.37. The smallest absolute Gasteiger partial charge is 0.305 e. The van der Waals surface area contributed by atoms with Gasteiger partial charge in [0.05, 0.1) is 25.4 Å². The molecule has 0 saturated carbocycles. The number of hydrogen-bond donors (Lipinski definition) is 3. The lowest BCUT2D eigenvalue weighted by atomic mass is 10.0.